The summed E-state index contributed by atoms with van der Waals surface area (Å²) in [5, 5.41) is 95.1. The Bertz CT molecular complexity index is 3660. The largest absolute Gasteiger partial charge is 0.481 e. The average Bonchev–Trinajstić information content (AvgIpc) is 0.863. The number of unbranched alkanes of at least 4 members (excludes halogenated alkanes) is 3. The summed E-state index contributed by atoms with van der Waals surface area (Å²) in [5.41, 5.74) is 33.2. The van der Waals surface area contributed by atoms with E-state index >= 15 is 0 Å². The molecule has 708 valence electrons. The van der Waals surface area contributed by atoms with Crippen molar-refractivity contribution in [1.29, 1.82) is 0 Å². The summed E-state index contributed by atoms with van der Waals surface area (Å²) in [6.45, 7) is 5.54. The van der Waals surface area contributed by atoms with Crippen LogP contribution < -0.4 is 119 Å². The van der Waals surface area contributed by atoms with Gasteiger partial charge in [0.2, 0.25) is 106 Å². The first-order valence-electron chi connectivity index (χ1n) is 40.5. The molecule has 0 aromatic rings. The van der Waals surface area contributed by atoms with E-state index in [-0.39, 0.29) is 71.0 Å². The summed E-state index contributed by atoms with van der Waals surface area (Å²) in [6, 6.07) is -25.3. The number of aliphatic carboxylic acids is 4. The lowest BCUT2D eigenvalue weighted by Crippen LogP contribution is -2.60. The summed E-state index contributed by atoms with van der Waals surface area (Å²) in [5.74, 6) is -24.6. The smallest absolute Gasteiger partial charge is 0.326 e. The lowest BCUT2D eigenvalue weighted by molar-refractivity contribution is -0.144. The van der Waals surface area contributed by atoms with E-state index in [0.29, 0.717) is 25.0 Å². The molecule has 125 heavy (non-hydrogen) atoms. The Labute approximate surface area is 725 Å². The first-order chi connectivity index (χ1) is 58.7. The number of carboxylic acid groups (broad SMARTS) is 4. The number of rotatable bonds is 67. The van der Waals surface area contributed by atoms with Crippen LogP contribution in [0.5, 0.6) is 0 Å². The van der Waals surface area contributed by atoms with Gasteiger partial charge >= 0.3 is 23.9 Å². The Kier molecular flexibility index (Phi) is 56.0. The van der Waals surface area contributed by atoms with E-state index in [1.165, 1.54) is 18.7 Å². The molecule has 0 aliphatic carbocycles. The Morgan fingerprint density at radius 2 is 0.560 bits per heavy atom. The Morgan fingerprint density at radius 3 is 0.872 bits per heavy atom. The van der Waals surface area contributed by atoms with Gasteiger partial charge in [-0.2, -0.15) is 11.8 Å². The highest BCUT2D eigenvalue weighted by atomic mass is 32.2. The first-order valence-corrected chi connectivity index (χ1v) is 41.9. The maximum absolute atomic E-state index is 14.1. The van der Waals surface area contributed by atoms with Crippen molar-refractivity contribution < 1.29 is 136 Å². The second kappa shape index (κ2) is 61.7. The van der Waals surface area contributed by atoms with Gasteiger partial charge in [0, 0.05) is 32.1 Å². The third kappa shape index (κ3) is 47.8. The lowest BCUT2D eigenvalue weighted by atomic mass is 10.0. The van der Waals surface area contributed by atoms with Gasteiger partial charge in [-0.05, 0) is 168 Å². The predicted octanol–water partition coefficient (Wildman–Crippen LogP) is -10.8. The SMILES string of the molecule is CSCC[C@H](NC(=O)[C@@H](N)CO)C(=O)N[C@@H](CCC(N)=O)C(=O)N[C@@H](C)C(=O)N[C@@H](CO)C(=O)N[C@@H](CC(C)C)C(=O)N[C@@H](CCC(=O)O)C(=O)N[C@@H](C)C(=O)N[C@@H](CCC(=O)O)C(=O)N[C@@H](C)C(=O)N[C@@H](CCCCN)C(=O)NCC(=O)N[C@@H](CCCCN)C(=O)N[C@@H](C)C(=O)N[C@@H](CCCCN)C(=O)N[C@@H](CCC(N)=O)C(=O)N[C@@H](CCC(=O)O)C(=O)O. The van der Waals surface area contributed by atoms with Gasteiger partial charge in [-0.25, -0.2) is 4.79 Å². The monoisotopic (exact) mass is 1800 g/mol. The topological polar surface area (TPSA) is 846 Å². The molecular weight excluding hydrogens is 1680 g/mol. The van der Waals surface area contributed by atoms with E-state index in [1.807, 2.05) is 0 Å². The maximum atomic E-state index is 14.1. The van der Waals surface area contributed by atoms with Crippen LogP contribution >= 0.6 is 11.8 Å². The van der Waals surface area contributed by atoms with Gasteiger partial charge in [0.05, 0.1) is 19.8 Å². The molecule has 18 amide bonds. The highest BCUT2D eigenvalue weighted by Crippen LogP contribution is 2.14. The fourth-order valence-corrected chi connectivity index (χ4v) is 11.8. The number of primary amides is 2. The third-order valence-electron chi connectivity index (χ3n) is 18.6. The zero-order valence-corrected chi connectivity index (χ0v) is 72.0. The van der Waals surface area contributed by atoms with Crippen molar-refractivity contribution in [2.45, 2.75) is 273 Å². The van der Waals surface area contributed by atoms with Crippen LogP contribution in [0.1, 0.15) is 176 Å². The van der Waals surface area contributed by atoms with E-state index < -0.39 is 317 Å². The van der Waals surface area contributed by atoms with Crippen LogP contribution in [0.4, 0.5) is 0 Å². The molecule has 0 unspecified atom stereocenters. The molecule has 0 aromatic heterocycles. The van der Waals surface area contributed by atoms with Crippen molar-refractivity contribution in [2.75, 3.05) is 51.4 Å². The fraction of sp³-hybridized carbons (Fsp3) is 0.703. The molecule has 34 N–H and O–H groups in total. The quantitative estimate of drug-likeness (QED) is 0.0251. The summed E-state index contributed by atoms with van der Waals surface area (Å²) in [7, 11) is 0. The molecule has 0 aliphatic heterocycles. The van der Waals surface area contributed by atoms with Gasteiger partial charge in [-0.3, -0.25) is 101 Å². The predicted molar refractivity (Wildman–Crippen MR) is 443 cm³/mol. The number of hydrogen-bond donors (Lipinski definition) is 28. The van der Waals surface area contributed by atoms with Crippen LogP contribution in [0.3, 0.4) is 0 Å². The summed E-state index contributed by atoms with van der Waals surface area (Å²) in [4.78, 5) is 289. The molecule has 0 aromatic carbocycles. The number of carboxylic acids is 4. The Morgan fingerprint density at radius 1 is 0.296 bits per heavy atom. The molecule has 0 fully saturated rings. The lowest BCUT2D eigenvalue weighted by Gasteiger charge is -2.27. The normalized spacial score (nSPS) is 14.9. The summed E-state index contributed by atoms with van der Waals surface area (Å²) in [6.07, 6.45) is -2.97. The minimum absolute atomic E-state index is 0.0233. The van der Waals surface area contributed by atoms with E-state index in [4.69, 9.17) is 39.5 Å². The van der Waals surface area contributed by atoms with E-state index in [9.17, 15) is 131 Å². The van der Waals surface area contributed by atoms with Crippen LogP contribution in [0.15, 0.2) is 0 Å². The zero-order chi connectivity index (χ0) is 95.3. The van der Waals surface area contributed by atoms with E-state index in [0.717, 1.165) is 20.8 Å². The van der Waals surface area contributed by atoms with Gasteiger partial charge < -0.3 is 150 Å². The number of aliphatic hydroxyl groups excluding tert-OH is 2. The zero-order valence-electron chi connectivity index (χ0n) is 71.2. The van der Waals surface area contributed by atoms with Crippen molar-refractivity contribution in [3.63, 3.8) is 0 Å². The summed E-state index contributed by atoms with van der Waals surface area (Å²) >= 11 is 1.30. The highest BCUT2D eigenvalue weighted by Gasteiger charge is 2.38. The maximum Gasteiger partial charge on any atom is 0.326 e. The number of aliphatic hydroxyl groups is 2. The third-order valence-corrected chi connectivity index (χ3v) is 19.2. The van der Waals surface area contributed by atoms with Gasteiger partial charge in [0.15, 0.2) is 0 Å². The van der Waals surface area contributed by atoms with E-state index in [1.54, 1.807) is 20.1 Å². The molecule has 0 heterocycles. The number of amides is 18. The molecule has 0 saturated carbocycles. The second-order valence-corrected chi connectivity index (χ2v) is 30.7. The molecule has 0 aliphatic rings. The number of thioether (sulfide) groups is 1. The molecular formula is C74H128N22O28S. The molecule has 0 radical (unpaired) electrons. The molecule has 0 spiro atoms. The number of carbonyl (C=O) groups is 22. The number of hydrogen-bond acceptors (Lipinski definition) is 29. The standard InChI is InChI=1S/C74H128N22O28S/c1-36(2)32-51(95-73(122)52(35-98)96-62(111)40(6)85-66(115)45(17-22-53(79)99)91-71(120)49(27-31-125-7)90-63(112)41(78)34-97)72(121)93-48(20-25-57(104)105)68(117)84-39(5)61(110)89-47(19-24-56(102)103)67(116)83-37(3)59(108)87-42(14-8-11-28-75)64(113)81-33-55(101)86-43(15-9-12-29-76)65(114)82-38(4)60(109)88-44(16-10-13-30-77)69(118)92-46(18-23-54(80)100)70(119)94-50(74(123)124)21-26-58(106)107/h36-52,97-98H,8-35,75-78H2,1-7H3,(H2,79,99)(H2,80,100)(H,81,113)(H,82,114)(H,83,116)(H,84,117)(H,85,115)(H,86,101)(H,87,108)(H,88,109)(H,89,110)(H,90,112)(H,91,120)(H,92,118)(H,93,121)(H,94,119)(H,95,122)(H,96,111)(H,102,103)(H,104,105)(H,106,107)(H,123,124)/t37-,38-,39-,40-,41-,42-,43-,44-,45-,46-,47-,48-,49-,50-,51-,52-/m0/s1. The minimum Gasteiger partial charge on any atom is -0.481 e. The molecule has 16 atom stereocenters. The van der Waals surface area contributed by atoms with Gasteiger partial charge in [0.25, 0.3) is 0 Å². The minimum atomic E-state index is -1.86. The van der Waals surface area contributed by atoms with Crippen molar-refractivity contribution in [3.05, 3.63) is 0 Å². The van der Waals surface area contributed by atoms with E-state index in [2.05, 4.69) is 85.1 Å². The summed E-state index contributed by atoms with van der Waals surface area (Å²) < 4.78 is 0. The molecule has 50 nitrogen and oxygen atoms in total. The molecule has 51 heteroatoms. The number of carbonyl (C=O) groups excluding carboxylic acids is 18. The fourth-order valence-electron chi connectivity index (χ4n) is 11.4. The average molecular weight is 1810 g/mol. The molecule has 0 bridgehead atoms. The van der Waals surface area contributed by atoms with Crippen LogP contribution in [0, 0.1) is 5.92 Å². The Balaban J connectivity index is 6.55. The van der Waals surface area contributed by atoms with Crippen molar-refractivity contribution in [1.82, 2.24) is 85.1 Å². The Hall–Kier alpha value is -11.5. The molecule has 0 rings (SSSR count). The highest BCUT2D eigenvalue weighted by molar-refractivity contribution is 7.98. The van der Waals surface area contributed by atoms with Gasteiger partial charge in [0.1, 0.15) is 96.7 Å². The van der Waals surface area contributed by atoms with Gasteiger partial charge in [-0.1, -0.05) is 13.8 Å². The van der Waals surface area contributed by atoms with Crippen LogP contribution in [0.25, 0.3) is 0 Å². The van der Waals surface area contributed by atoms with Crippen molar-refractivity contribution in [2.24, 2.45) is 40.3 Å². The first kappa shape index (κ1) is 113. The number of nitrogens with two attached hydrogens (primary N) is 6. The number of nitrogens with one attached hydrogen (secondary N) is 16. The van der Waals surface area contributed by atoms with Crippen molar-refractivity contribution >= 4 is 142 Å². The second-order valence-electron chi connectivity index (χ2n) is 29.8. The van der Waals surface area contributed by atoms with Crippen LogP contribution in [-0.2, 0) is 105 Å². The van der Waals surface area contributed by atoms with Crippen LogP contribution in [0.2, 0.25) is 0 Å². The van der Waals surface area contributed by atoms with Gasteiger partial charge in [-0.15, -0.1) is 0 Å². The molecule has 0 saturated heterocycles. The van der Waals surface area contributed by atoms with Crippen molar-refractivity contribution in [3.8, 4) is 0 Å². The van der Waals surface area contributed by atoms with Crippen LogP contribution in [-0.4, -0.2) is 309 Å².